The fourth-order valence-electron chi connectivity index (χ4n) is 3.27. The minimum atomic E-state index is -5.08. The van der Waals surface area contributed by atoms with Crippen LogP contribution in [0, 0.1) is 0 Å². The Kier molecular flexibility index (Phi) is 6.72. The first kappa shape index (κ1) is 24.2. The SMILES string of the molecule is CC(C)(O)c1cn(C2CCN(C(=O)c3cn4ccccc4n3)CC2)nn1.O=C(O)C(F)(F)F. The quantitative estimate of drug-likeness (QED) is 0.604. The van der Waals surface area contributed by atoms with E-state index in [0.717, 1.165) is 18.5 Å². The fraction of sp³-hybridized carbons (Fsp3) is 0.450. The zero-order chi connectivity index (χ0) is 24.4. The van der Waals surface area contributed by atoms with Crippen LogP contribution < -0.4 is 0 Å². The number of carbonyl (C=O) groups is 2. The number of piperidine rings is 1. The smallest absolute Gasteiger partial charge is 0.475 e. The van der Waals surface area contributed by atoms with E-state index in [-0.39, 0.29) is 11.9 Å². The number of likely N-dealkylation sites (tertiary alicyclic amines) is 1. The van der Waals surface area contributed by atoms with Gasteiger partial charge in [-0.1, -0.05) is 11.3 Å². The molecule has 0 atom stereocenters. The molecule has 0 radical (unpaired) electrons. The monoisotopic (exact) mass is 468 g/mol. The van der Waals surface area contributed by atoms with E-state index in [1.807, 2.05) is 33.7 Å². The molecule has 1 saturated heterocycles. The standard InChI is InChI=1S/C18H22N6O2.C2HF3O2/c1-18(2,26)15-12-24(21-20-15)13-6-9-22(10-7-13)17(25)14-11-23-8-4-3-5-16(23)19-14;3-2(4,5)1(6)7/h3-5,8,11-13,26H,6-7,9-10H2,1-2H3;(H,6,7). The number of imidazole rings is 1. The number of halogens is 3. The second-order valence-corrected chi connectivity index (χ2v) is 8.06. The lowest BCUT2D eigenvalue weighted by Crippen LogP contribution is -2.39. The van der Waals surface area contributed by atoms with E-state index in [4.69, 9.17) is 9.90 Å². The van der Waals surface area contributed by atoms with Crippen molar-refractivity contribution in [2.24, 2.45) is 0 Å². The molecular weight excluding hydrogens is 445 g/mol. The van der Waals surface area contributed by atoms with Crippen molar-refractivity contribution in [3.05, 3.63) is 48.2 Å². The highest BCUT2D eigenvalue weighted by atomic mass is 19.4. The maximum Gasteiger partial charge on any atom is 0.490 e. The van der Waals surface area contributed by atoms with Crippen LogP contribution in [-0.4, -0.2) is 70.6 Å². The van der Waals surface area contributed by atoms with Crippen molar-refractivity contribution in [2.75, 3.05) is 13.1 Å². The summed E-state index contributed by atoms with van der Waals surface area (Å²) in [6.07, 6.45) is 1.97. The highest BCUT2D eigenvalue weighted by molar-refractivity contribution is 5.93. The van der Waals surface area contributed by atoms with Gasteiger partial charge in [0.1, 0.15) is 22.6 Å². The molecule has 0 aliphatic carbocycles. The van der Waals surface area contributed by atoms with E-state index in [9.17, 15) is 23.1 Å². The molecule has 13 heteroatoms. The van der Waals surface area contributed by atoms with Gasteiger partial charge in [-0.2, -0.15) is 13.2 Å². The zero-order valence-corrected chi connectivity index (χ0v) is 17.9. The molecule has 4 heterocycles. The maximum absolute atomic E-state index is 12.7. The number of aliphatic hydroxyl groups is 1. The number of carboxylic acids is 1. The van der Waals surface area contributed by atoms with Crippen molar-refractivity contribution < 1.29 is 33.0 Å². The third kappa shape index (κ3) is 5.86. The molecule has 3 aromatic heterocycles. The average Bonchev–Trinajstić information content (AvgIpc) is 3.40. The van der Waals surface area contributed by atoms with Gasteiger partial charge in [-0.15, -0.1) is 5.10 Å². The zero-order valence-electron chi connectivity index (χ0n) is 17.9. The van der Waals surface area contributed by atoms with Gasteiger partial charge in [-0.05, 0) is 38.8 Å². The first-order chi connectivity index (χ1) is 15.4. The summed E-state index contributed by atoms with van der Waals surface area (Å²) in [4.78, 5) is 27.9. The topological polar surface area (TPSA) is 126 Å². The minimum absolute atomic E-state index is 0.0390. The van der Waals surface area contributed by atoms with Crippen LogP contribution in [0.2, 0.25) is 0 Å². The molecule has 0 saturated carbocycles. The third-order valence-electron chi connectivity index (χ3n) is 5.09. The molecule has 0 aromatic carbocycles. The largest absolute Gasteiger partial charge is 0.490 e. The van der Waals surface area contributed by atoms with Crippen LogP contribution in [0.1, 0.15) is 48.9 Å². The highest BCUT2D eigenvalue weighted by Crippen LogP contribution is 2.25. The lowest BCUT2D eigenvalue weighted by atomic mass is 10.0. The molecule has 178 valence electrons. The predicted octanol–water partition coefficient (Wildman–Crippen LogP) is 2.26. The number of carbonyl (C=O) groups excluding carboxylic acids is 1. The van der Waals surface area contributed by atoms with Crippen LogP contribution in [-0.2, 0) is 10.4 Å². The number of pyridine rings is 1. The van der Waals surface area contributed by atoms with E-state index in [1.54, 1.807) is 30.9 Å². The average molecular weight is 468 g/mol. The van der Waals surface area contributed by atoms with E-state index in [1.165, 1.54) is 0 Å². The van der Waals surface area contributed by atoms with E-state index >= 15 is 0 Å². The van der Waals surface area contributed by atoms with Crippen molar-refractivity contribution in [3.63, 3.8) is 0 Å². The molecule has 4 rings (SSSR count). The Hall–Kier alpha value is -3.48. The number of alkyl halides is 3. The number of aromatic nitrogens is 5. The Labute approximate surface area is 186 Å². The van der Waals surface area contributed by atoms with Gasteiger partial charge in [0.25, 0.3) is 5.91 Å². The van der Waals surface area contributed by atoms with E-state index in [0.29, 0.717) is 24.5 Å². The van der Waals surface area contributed by atoms with Gasteiger partial charge in [-0.3, -0.25) is 4.79 Å². The van der Waals surface area contributed by atoms with E-state index < -0.39 is 17.7 Å². The van der Waals surface area contributed by atoms with Crippen molar-refractivity contribution >= 4 is 17.5 Å². The normalized spacial score (nSPS) is 15.3. The van der Waals surface area contributed by atoms with Gasteiger partial charge in [0.2, 0.25) is 0 Å². The Morgan fingerprint density at radius 3 is 2.27 bits per heavy atom. The Morgan fingerprint density at radius 2 is 1.76 bits per heavy atom. The summed E-state index contributed by atoms with van der Waals surface area (Å²) in [6, 6.07) is 5.88. The number of hydrogen-bond acceptors (Lipinski definition) is 6. The summed E-state index contributed by atoms with van der Waals surface area (Å²) in [5.74, 6) is -2.80. The van der Waals surface area contributed by atoms with Gasteiger partial charge in [-0.25, -0.2) is 14.5 Å². The predicted molar refractivity (Wildman–Crippen MR) is 108 cm³/mol. The number of hydrogen-bond donors (Lipinski definition) is 2. The van der Waals surface area contributed by atoms with Crippen molar-refractivity contribution in [3.8, 4) is 0 Å². The third-order valence-corrected chi connectivity index (χ3v) is 5.09. The van der Waals surface area contributed by atoms with Crippen molar-refractivity contribution in [1.29, 1.82) is 0 Å². The van der Waals surface area contributed by atoms with Gasteiger partial charge in [0.05, 0.1) is 12.2 Å². The van der Waals surface area contributed by atoms with Crippen molar-refractivity contribution in [1.82, 2.24) is 29.3 Å². The Bertz CT molecular complexity index is 1090. The lowest BCUT2D eigenvalue weighted by Gasteiger charge is -2.31. The molecule has 0 spiro atoms. The lowest BCUT2D eigenvalue weighted by molar-refractivity contribution is -0.192. The fourth-order valence-corrected chi connectivity index (χ4v) is 3.27. The number of amides is 1. The van der Waals surface area contributed by atoms with Crippen LogP contribution in [0.4, 0.5) is 13.2 Å². The van der Waals surface area contributed by atoms with Gasteiger partial charge >= 0.3 is 12.1 Å². The molecule has 10 nitrogen and oxygen atoms in total. The Morgan fingerprint density at radius 1 is 1.12 bits per heavy atom. The molecular formula is C20H23F3N6O4. The molecule has 1 fully saturated rings. The van der Waals surface area contributed by atoms with Crippen LogP contribution in [0.15, 0.2) is 36.8 Å². The Balaban J connectivity index is 0.000000383. The van der Waals surface area contributed by atoms with E-state index in [2.05, 4.69) is 15.3 Å². The molecule has 0 bridgehead atoms. The van der Waals surface area contributed by atoms with Crippen LogP contribution >= 0.6 is 0 Å². The maximum atomic E-state index is 12.7. The van der Waals surface area contributed by atoms with Gasteiger partial charge in [0.15, 0.2) is 0 Å². The summed E-state index contributed by atoms with van der Waals surface area (Å²) in [5, 5.41) is 25.4. The van der Waals surface area contributed by atoms with Crippen LogP contribution in [0.25, 0.3) is 5.65 Å². The number of aliphatic carboxylic acids is 1. The first-order valence-electron chi connectivity index (χ1n) is 10.0. The second-order valence-electron chi connectivity index (χ2n) is 8.06. The second kappa shape index (κ2) is 9.17. The number of nitrogens with zero attached hydrogens (tertiary/aromatic N) is 6. The molecule has 1 amide bonds. The first-order valence-corrected chi connectivity index (χ1v) is 10.0. The van der Waals surface area contributed by atoms with Gasteiger partial charge in [0, 0.05) is 25.5 Å². The van der Waals surface area contributed by atoms with Crippen LogP contribution in [0.5, 0.6) is 0 Å². The molecule has 2 N–H and O–H groups in total. The summed E-state index contributed by atoms with van der Waals surface area (Å²) in [7, 11) is 0. The number of rotatable bonds is 3. The van der Waals surface area contributed by atoms with Crippen LogP contribution in [0.3, 0.4) is 0 Å². The molecule has 0 unspecified atom stereocenters. The molecule has 3 aromatic rings. The molecule has 1 aliphatic rings. The molecule has 33 heavy (non-hydrogen) atoms. The minimum Gasteiger partial charge on any atom is -0.475 e. The molecule has 1 aliphatic heterocycles. The van der Waals surface area contributed by atoms with Crippen molar-refractivity contribution in [2.45, 2.75) is 44.5 Å². The summed E-state index contributed by atoms with van der Waals surface area (Å²) in [6.45, 7) is 4.68. The highest BCUT2D eigenvalue weighted by Gasteiger charge is 2.38. The summed E-state index contributed by atoms with van der Waals surface area (Å²) >= 11 is 0. The number of carboxylic acid groups (broad SMARTS) is 1. The summed E-state index contributed by atoms with van der Waals surface area (Å²) < 4.78 is 35.4. The van der Waals surface area contributed by atoms with Gasteiger partial charge < -0.3 is 19.5 Å². The summed E-state index contributed by atoms with van der Waals surface area (Å²) in [5.41, 5.74) is 0.797. The number of fused-ring (bicyclic) bond motifs is 1.